The predicted molar refractivity (Wildman–Crippen MR) is 329 cm³/mol. The summed E-state index contributed by atoms with van der Waals surface area (Å²) in [6, 6.07) is 0. The predicted octanol–water partition coefficient (Wildman–Crippen LogP) is 20.9. The van der Waals surface area contributed by atoms with Crippen molar-refractivity contribution < 1.29 is 28.6 Å². The zero-order valence-corrected chi connectivity index (χ0v) is 48.7. The number of carbonyl (C=O) groups is 3. The smallest absolute Gasteiger partial charge is 0.306 e. The lowest BCUT2D eigenvalue weighted by atomic mass is 10.1. The molecule has 0 N–H and O–H groups in total. The van der Waals surface area contributed by atoms with Crippen molar-refractivity contribution in [2.45, 2.75) is 252 Å². The Bertz CT molecular complexity index is 1720. The summed E-state index contributed by atoms with van der Waals surface area (Å²) >= 11 is 0. The van der Waals surface area contributed by atoms with E-state index in [2.05, 4.69) is 167 Å². The molecule has 0 radical (unpaired) electrons. The molecule has 0 heterocycles. The maximum atomic E-state index is 12.9. The van der Waals surface area contributed by atoms with Gasteiger partial charge in [0.15, 0.2) is 6.10 Å². The monoisotopic (exact) mass is 1050 g/mol. The maximum Gasteiger partial charge on any atom is 0.306 e. The summed E-state index contributed by atoms with van der Waals surface area (Å²) in [6.45, 7) is 6.29. The van der Waals surface area contributed by atoms with E-state index in [1.54, 1.807) is 0 Å². The quantitative estimate of drug-likeness (QED) is 0.0261. The van der Waals surface area contributed by atoms with Crippen molar-refractivity contribution in [3.05, 3.63) is 158 Å². The van der Waals surface area contributed by atoms with Crippen LogP contribution in [-0.4, -0.2) is 37.2 Å². The average molecular weight is 1050 g/mol. The van der Waals surface area contributed by atoms with Crippen LogP contribution in [0.15, 0.2) is 158 Å². The first-order valence-corrected chi connectivity index (χ1v) is 30.5. The molecule has 0 aromatic heterocycles. The zero-order chi connectivity index (χ0) is 55.0. The maximum absolute atomic E-state index is 12.9. The third-order valence-electron chi connectivity index (χ3n) is 12.3. The molecule has 0 aromatic rings. The Morgan fingerprint density at radius 1 is 0.276 bits per heavy atom. The highest BCUT2D eigenvalue weighted by molar-refractivity contribution is 5.71. The molecule has 0 amide bonds. The van der Waals surface area contributed by atoms with Crippen LogP contribution < -0.4 is 0 Å². The molecule has 76 heavy (non-hydrogen) atoms. The van der Waals surface area contributed by atoms with E-state index in [1.807, 2.05) is 12.2 Å². The fraction of sp³-hybridized carbons (Fsp3) is 0.586. The van der Waals surface area contributed by atoms with Crippen LogP contribution in [0.3, 0.4) is 0 Å². The highest BCUT2D eigenvalue weighted by atomic mass is 16.6. The van der Waals surface area contributed by atoms with Crippen LogP contribution in [0, 0.1) is 0 Å². The van der Waals surface area contributed by atoms with Crippen molar-refractivity contribution >= 4 is 17.9 Å². The number of unbranched alkanes of at least 4 members (excludes halogenated alkanes) is 16. The molecule has 0 bridgehead atoms. The van der Waals surface area contributed by atoms with Crippen molar-refractivity contribution in [1.82, 2.24) is 0 Å². The second-order valence-corrected chi connectivity index (χ2v) is 19.5. The minimum atomic E-state index is -0.827. The van der Waals surface area contributed by atoms with Crippen LogP contribution >= 0.6 is 0 Å². The lowest BCUT2D eigenvalue weighted by Gasteiger charge is -2.18. The third kappa shape index (κ3) is 59.9. The summed E-state index contributed by atoms with van der Waals surface area (Å²) in [7, 11) is 0. The van der Waals surface area contributed by atoms with Crippen molar-refractivity contribution in [1.29, 1.82) is 0 Å². The lowest BCUT2D eigenvalue weighted by molar-refractivity contribution is -0.166. The van der Waals surface area contributed by atoms with Crippen LogP contribution in [0.5, 0.6) is 0 Å². The van der Waals surface area contributed by atoms with E-state index in [-0.39, 0.29) is 44.0 Å². The van der Waals surface area contributed by atoms with Crippen LogP contribution in [0.25, 0.3) is 0 Å². The Labute approximate surface area is 467 Å². The number of hydrogen-bond donors (Lipinski definition) is 0. The molecule has 6 nitrogen and oxygen atoms in total. The molecule has 0 aliphatic carbocycles. The van der Waals surface area contributed by atoms with E-state index in [4.69, 9.17) is 14.2 Å². The Morgan fingerprint density at radius 3 is 0.882 bits per heavy atom. The normalized spacial score (nSPS) is 13.2. The summed E-state index contributed by atoms with van der Waals surface area (Å²) in [5.41, 5.74) is 0. The van der Waals surface area contributed by atoms with Crippen LogP contribution in [-0.2, 0) is 28.6 Å². The molecule has 0 aliphatic heterocycles. The van der Waals surface area contributed by atoms with Crippen molar-refractivity contribution in [3.8, 4) is 0 Å². The minimum absolute atomic E-state index is 0.118. The molecular weight excluding hydrogens is 937 g/mol. The van der Waals surface area contributed by atoms with Gasteiger partial charge in [0, 0.05) is 19.3 Å². The molecule has 0 rings (SSSR count). The highest BCUT2D eigenvalue weighted by Crippen LogP contribution is 2.13. The van der Waals surface area contributed by atoms with E-state index >= 15 is 0 Å². The van der Waals surface area contributed by atoms with E-state index in [0.29, 0.717) is 12.8 Å². The van der Waals surface area contributed by atoms with Gasteiger partial charge in [-0.2, -0.15) is 0 Å². The topological polar surface area (TPSA) is 78.9 Å². The Morgan fingerprint density at radius 2 is 0.539 bits per heavy atom. The van der Waals surface area contributed by atoms with Gasteiger partial charge in [0.1, 0.15) is 13.2 Å². The Kier molecular flexibility index (Phi) is 58.5. The van der Waals surface area contributed by atoms with Crippen LogP contribution in [0.2, 0.25) is 0 Å². The van der Waals surface area contributed by atoms with E-state index in [9.17, 15) is 14.4 Å². The SMILES string of the molecule is CC/C=C\C/C=C\C/C=C\C/C=C\C/C=C\C/C=C\C/C=C\CCCCCCCCCC(=O)OCC(COC(=O)CC/C=C\C/C=C\C/C=C\C/C=C\CC)OC(=O)CCCCCCC/C=C\C/C=C\CCCCCC. The number of rotatable bonds is 53. The number of allylic oxidation sites excluding steroid dienone is 26. The summed E-state index contributed by atoms with van der Waals surface area (Å²) < 4.78 is 16.8. The number of ether oxygens (including phenoxy) is 3. The van der Waals surface area contributed by atoms with E-state index in [1.165, 1.54) is 51.4 Å². The first-order valence-electron chi connectivity index (χ1n) is 30.5. The first-order chi connectivity index (χ1) is 37.5. The molecule has 426 valence electrons. The van der Waals surface area contributed by atoms with Crippen molar-refractivity contribution in [3.63, 3.8) is 0 Å². The van der Waals surface area contributed by atoms with Crippen molar-refractivity contribution in [2.75, 3.05) is 13.2 Å². The van der Waals surface area contributed by atoms with E-state index in [0.717, 1.165) is 148 Å². The zero-order valence-electron chi connectivity index (χ0n) is 48.7. The van der Waals surface area contributed by atoms with Gasteiger partial charge < -0.3 is 14.2 Å². The second-order valence-electron chi connectivity index (χ2n) is 19.5. The fourth-order valence-electron chi connectivity index (χ4n) is 7.76. The fourth-order valence-corrected chi connectivity index (χ4v) is 7.76. The molecule has 6 heteroatoms. The number of hydrogen-bond acceptors (Lipinski definition) is 6. The standard InChI is InChI=1S/C70H110O6/c1-4-7-10-13-16-19-22-25-27-29-30-31-32-33-34-35-36-37-38-39-40-41-43-45-48-51-54-57-60-63-69(72)75-66-67(65-74-68(71)62-59-56-53-50-47-44-24-21-18-15-12-9-6-3)76-70(73)64-61-58-55-52-49-46-42-28-26-23-20-17-14-11-8-5-2/h7,9-10,12,16,18-21,23,25,27-28,30-31,33-34,36-37,39-40,42,44,47,53,56,67H,4-6,8,11,13-15,17,22,24,26,29,32,35,38,41,43,45-46,48-52,54-55,57-66H2,1-3H3/b10-7-,12-9-,19-16-,21-18-,23-20-,27-25-,31-30-,34-33-,37-36-,40-39-,42-28-,47-44-,56-53-. The minimum Gasteiger partial charge on any atom is -0.462 e. The third-order valence-corrected chi connectivity index (χ3v) is 12.3. The van der Waals surface area contributed by atoms with Gasteiger partial charge in [-0.25, -0.2) is 0 Å². The summed E-state index contributed by atoms with van der Waals surface area (Å²) in [6.07, 6.45) is 91.1. The molecule has 0 aliphatic rings. The second kappa shape index (κ2) is 62.6. The molecule has 0 saturated carbocycles. The molecule has 0 spiro atoms. The van der Waals surface area contributed by atoms with E-state index < -0.39 is 6.10 Å². The van der Waals surface area contributed by atoms with Crippen LogP contribution in [0.1, 0.15) is 245 Å². The molecule has 1 unspecified atom stereocenters. The van der Waals surface area contributed by atoms with Gasteiger partial charge in [-0.15, -0.1) is 0 Å². The molecule has 0 saturated heterocycles. The lowest BCUT2D eigenvalue weighted by Crippen LogP contribution is -2.30. The summed E-state index contributed by atoms with van der Waals surface area (Å²) in [4.78, 5) is 38.2. The van der Waals surface area contributed by atoms with Gasteiger partial charge in [0.05, 0.1) is 0 Å². The Hall–Kier alpha value is -4.97. The number of esters is 3. The van der Waals surface area contributed by atoms with Gasteiger partial charge in [-0.1, -0.05) is 249 Å². The van der Waals surface area contributed by atoms with Gasteiger partial charge in [0.2, 0.25) is 0 Å². The summed E-state index contributed by atoms with van der Waals surface area (Å²) in [5.74, 6) is -1.03. The van der Waals surface area contributed by atoms with Crippen LogP contribution in [0.4, 0.5) is 0 Å². The highest BCUT2D eigenvalue weighted by Gasteiger charge is 2.19. The first kappa shape index (κ1) is 71.0. The average Bonchev–Trinajstić information content (AvgIpc) is 3.42. The van der Waals surface area contributed by atoms with Crippen molar-refractivity contribution in [2.24, 2.45) is 0 Å². The number of carbonyl (C=O) groups excluding carboxylic acids is 3. The van der Waals surface area contributed by atoms with Gasteiger partial charge in [-0.3, -0.25) is 14.4 Å². The molecular formula is C70H110O6. The Balaban J connectivity index is 4.41. The molecule has 0 fully saturated rings. The largest absolute Gasteiger partial charge is 0.462 e. The van der Waals surface area contributed by atoms with Gasteiger partial charge in [0.25, 0.3) is 0 Å². The molecule has 0 aromatic carbocycles. The van der Waals surface area contributed by atoms with Gasteiger partial charge in [-0.05, 0) is 135 Å². The summed E-state index contributed by atoms with van der Waals surface area (Å²) in [5, 5.41) is 0. The molecule has 1 atom stereocenters. The van der Waals surface area contributed by atoms with Gasteiger partial charge >= 0.3 is 17.9 Å².